The minimum absolute atomic E-state index is 0.313. The van der Waals surface area contributed by atoms with Gasteiger partial charge in [-0.15, -0.1) is 0 Å². The van der Waals surface area contributed by atoms with Crippen molar-refractivity contribution in [1.29, 1.82) is 0 Å². The van der Waals surface area contributed by atoms with Crippen molar-refractivity contribution in [2.75, 3.05) is 24.6 Å². The summed E-state index contributed by atoms with van der Waals surface area (Å²) in [6.45, 7) is 12.4. The lowest BCUT2D eigenvalue weighted by Crippen LogP contribution is -2.45. The molecule has 0 fully saturated rings. The first-order valence-electron chi connectivity index (χ1n) is 10.2. The number of nitrogens with one attached hydrogen (secondary N) is 2. The molecule has 0 spiro atoms. The van der Waals surface area contributed by atoms with E-state index in [0.717, 1.165) is 37.2 Å². The number of carbonyl (C=O) groups is 2. The Morgan fingerprint density at radius 3 is 2.39 bits per heavy atom. The fourth-order valence-electron chi connectivity index (χ4n) is 3.55. The third-order valence-corrected chi connectivity index (χ3v) is 5.12. The van der Waals surface area contributed by atoms with Crippen LogP contribution in [-0.2, 0) is 9.53 Å². The Bertz CT molecular complexity index is 708. The van der Waals surface area contributed by atoms with E-state index in [1.54, 1.807) is 6.92 Å². The number of allylic oxidation sites excluding steroid dienone is 1. The van der Waals surface area contributed by atoms with Crippen LogP contribution in [0, 0.1) is 5.92 Å². The van der Waals surface area contributed by atoms with Crippen LogP contribution in [0.3, 0.4) is 0 Å². The summed E-state index contributed by atoms with van der Waals surface area (Å²) in [6, 6.07) is 7.14. The number of urea groups is 1. The maximum Gasteiger partial charge on any atom is 0.338 e. The van der Waals surface area contributed by atoms with Crippen molar-refractivity contribution in [2.45, 2.75) is 53.5 Å². The van der Waals surface area contributed by atoms with Gasteiger partial charge < -0.3 is 20.3 Å². The average Bonchev–Trinajstić information content (AvgIpc) is 2.67. The quantitative estimate of drug-likeness (QED) is 0.625. The molecule has 2 rings (SSSR count). The van der Waals surface area contributed by atoms with Crippen LogP contribution in [0.5, 0.6) is 0 Å². The van der Waals surface area contributed by atoms with Gasteiger partial charge in [-0.2, -0.15) is 0 Å². The molecule has 2 atom stereocenters. The van der Waals surface area contributed by atoms with Crippen molar-refractivity contribution >= 4 is 17.7 Å². The molecule has 1 aliphatic rings. The molecule has 0 bridgehead atoms. The van der Waals surface area contributed by atoms with E-state index in [9.17, 15) is 9.59 Å². The summed E-state index contributed by atoms with van der Waals surface area (Å²) in [7, 11) is 0. The second-order valence-electron chi connectivity index (χ2n) is 7.33. The molecular weight excluding hydrogens is 354 g/mol. The highest BCUT2D eigenvalue weighted by Crippen LogP contribution is 2.29. The zero-order valence-electron chi connectivity index (χ0n) is 17.7. The van der Waals surface area contributed by atoms with Crippen molar-refractivity contribution in [3.63, 3.8) is 0 Å². The number of ether oxygens (including phenoxy) is 1. The van der Waals surface area contributed by atoms with E-state index < -0.39 is 6.04 Å². The largest absolute Gasteiger partial charge is 0.462 e. The number of hydrogen-bond donors (Lipinski definition) is 2. The molecule has 0 aliphatic carbocycles. The zero-order chi connectivity index (χ0) is 20.7. The predicted molar refractivity (Wildman–Crippen MR) is 112 cm³/mol. The van der Waals surface area contributed by atoms with E-state index in [1.165, 1.54) is 0 Å². The summed E-state index contributed by atoms with van der Waals surface area (Å²) in [5.41, 5.74) is 2.97. The molecule has 2 N–H and O–H groups in total. The minimum Gasteiger partial charge on any atom is -0.462 e. The van der Waals surface area contributed by atoms with Gasteiger partial charge in [-0.1, -0.05) is 32.4 Å². The summed E-state index contributed by atoms with van der Waals surface area (Å²) < 4.78 is 5.55. The molecule has 2 amide bonds. The highest BCUT2D eigenvalue weighted by molar-refractivity contribution is 5.95. The summed E-state index contributed by atoms with van der Waals surface area (Å²) in [5, 5.41) is 5.55. The van der Waals surface area contributed by atoms with Crippen LogP contribution in [0.15, 0.2) is 35.5 Å². The monoisotopic (exact) mass is 387 g/mol. The molecule has 0 aromatic heterocycles. The molecule has 6 nitrogen and oxygen atoms in total. The molecule has 0 saturated carbocycles. The van der Waals surface area contributed by atoms with Crippen LogP contribution in [0.1, 0.15) is 59.1 Å². The lowest BCUT2D eigenvalue weighted by atomic mass is 9.95. The van der Waals surface area contributed by atoms with Gasteiger partial charge in [0.25, 0.3) is 0 Å². The fourth-order valence-corrected chi connectivity index (χ4v) is 3.55. The number of carbonyl (C=O) groups excluding carboxylic acids is 2. The number of anilines is 1. The van der Waals surface area contributed by atoms with E-state index in [1.807, 2.05) is 24.3 Å². The van der Waals surface area contributed by atoms with E-state index in [2.05, 4.69) is 43.2 Å². The van der Waals surface area contributed by atoms with Gasteiger partial charge in [0, 0.05) is 24.5 Å². The number of nitrogens with zero attached hydrogens (tertiary/aromatic N) is 1. The van der Waals surface area contributed by atoms with Gasteiger partial charge in [0.05, 0.1) is 18.2 Å². The summed E-state index contributed by atoms with van der Waals surface area (Å²) >= 11 is 0. The first kappa shape index (κ1) is 21.8. The second-order valence-corrected chi connectivity index (χ2v) is 7.33. The van der Waals surface area contributed by atoms with Crippen molar-refractivity contribution in [1.82, 2.24) is 10.6 Å². The Hall–Kier alpha value is -2.50. The Morgan fingerprint density at radius 2 is 1.82 bits per heavy atom. The average molecular weight is 388 g/mol. The fraction of sp³-hybridized carbons (Fsp3) is 0.545. The zero-order valence-corrected chi connectivity index (χ0v) is 17.7. The van der Waals surface area contributed by atoms with Crippen LogP contribution in [-0.4, -0.2) is 31.7 Å². The number of rotatable bonds is 9. The molecule has 28 heavy (non-hydrogen) atoms. The van der Waals surface area contributed by atoms with Crippen LogP contribution in [0.4, 0.5) is 10.5 Å². The third-order valence-electron chi connectivity index (χ3n) is 5.12. The minimum atomic E-state index is -0.520. The summed E-state index contributed by atoms with van der Waals surface area (Å²) in [6.07, 6.45) is 2.07. The van der Waals surface area contributed by atoms with Gasteiger partial charge in [0.2, 0.25) is 0 Å². The van der Waals surface area contributed by atoms with Crippen molar-refractivity contribution in [3.05, 3.63) is 41.1 Å². The standard InChI is InChI=1S/C22H33N3O3/c1-6-9-15(4)14-28-21(26)19-16(5)23-22(27)24-20(19)17-10-12-18(13-11-17)25(7-2)8-3/h10-13,15,20H,6-9,14H2,1-5H3,(H2,23,24,27)/t15-,20+/m0/s1. The molecule has 6 heteroatoms. The van der Waals surface area contributed by atoms with E-state index in [-0.39, 0.29) is 12.0 Å². The molecule has 154 valence electrons. The van der Waals surface area contributed by atoms with Crippen LogP contribution < -0.4 is 15.5 Å². The third kappa shape index (κ3) is 5.27. The summed E-state index contributed by atoms with van der Waals surface area (Å²) in [5.74, 6) is -0.0708. The van der Waals surface area contributed by atoms with Gasteiger partial charge >= 0.3 is 12.0 Å². The molecule has 1 aromatic carbocycles. The number of hydrogen-bond acceptors (Lipinski definition) is 4. The Balaban J connectivity index is 2.23. The smallest absolute Gasteiger partial charge is 0.338 e. The Kier molecular flexibility index (Phi) is 7.91. The van der Waals surface area contributed by atoms with E-state index in [0.29, 0.717) is 23.8 Å². The lowest BCUT2D eigenvalue weighted by Gasteiger charge is -2.29. The molecule has 0 radical (unpaired) electrons. The molecule has 1 aliphatic heterocycles. The van der Waals surface area contributed by atoms with Gasteiger partial charge in [0.15, 0.2) is 0 Å². The number of amides is 2. The highest BCUT2D eigenvalue weighted by atomic mass is 16.5. The van der Waals surface area contributed by atoms with Crippen molar-refractivity contribution in [3.8, 4) is 0 Å². The lowest BCUT2D eigenvalue weighted by molar-refractivity contribution is -0.140. The first-order chi connectivity index (χ1) is 13.4. The second kappa shape index (κ2) is 10.2. The molecule has 1 heterocycles. The van der Waals surface area contributed by atoms with Gasteiger partial charge in [-0.25, -0.2) is 9.59 Å². The first-order valence-corrected chi connectivity index (χ1v) is 10.2. The maximum absolute atomic E-state index is 12.8. The van der Waals surface area contributed by atoms with Gasteiger partial charge in [0.1, 0.15) is 0 Å². The van der Waals surface area contributed by atoms with Crippen LogP contribution in [0.25, 0.3) is 0 Å². The van der Waals surface area contributed by atoms with Crippen molar-refractivity contribution in [2.24, 2.45) is 5.92 Å². The molecule has 0 saturated heterocycles. The number of benzene rings is 1. The Morgan fingerprint density at radius 1 is 1.18 bits per heavy atom. The van der Waals surface area contributed by atoms with Crippen LogP contribution in [0.2, 0.25) is 0 Å². The van der Waals surface area contributed by atoms with Crippen LogP contribution >= 0.6 is 0 Å². The van der Waals surface area contributed by atoms with Gasteiger partial charge in [-0.05, 0) is 50.8 Å². The highest BCUT2D eigenvalue weighted by Gasteiger charge is 2.32. The summed E-state index contributed by atoms with van der Waals surface area (Å²) in [4.78, 5) is 27.1. The Labute approximate surface area is 168 Å². The van der Waals surface area contributed by atoms with E-state index >= 15 is 0 Å². The molecule has 0 unspecified atom stereocenters. The molecule has 1 aromatic rings. The predicted octanol–water partition coefficient (Wildman–Crippen LogP) is 4.14. The molecular formula is C22H33N3O3. The normalized spacial score (nSPS) is 17.6. The SMILES string of the molecule is CCC[C@H](C)COC(=O)C1=C(C)NC(=O)N[C@@H]1c1ccc(N(CC)CC)cc1. The topological polar surface area (TPSA) is 70.7 Å². The van der Waals surface area contributed by atoms with Gasteiger partial charge in [-0.3, -0.25) is 0 Å². The van der Waals surface area contributed by atoms with Crippen molar-refractivity contribution < 1.29 is 14.3 Å². The maximum atomic E-state index is 12.8. The number of esters is 1. The van der Waals surface area contributed by atoms with E-state index in [4.69, 9.17) is 4.74 Å².